The number of carbonyl (C=O) groups excluding carboxylic acids is 2. The van der Waals surface area contributed by atoms with Gasteiger partial charge < -0.3 is 9.47 Å². The Balaban J connectivity index is 1.50. The highest BCUT2D eigenvalue weighted by atomic mass is 16.5. The molecule has 0 saturated carbocycles. The fraction of sp³-hybridized carbons (Fsp3) is 0.500. The molecule has 7 heteroatoms. The molecule has 1 aromatic heterocycles. The van der Waals surface area contributed by atoms with Crippen LogP contribution in [0.25, 0.3) is 0 Å². The number of aryl methyl sites for hydroxylation is 1. The van der Waals surface area contributed by atoms with Crippen molar-refractivity contribution < 1.29 is 19.1 Å². The summed E-state index contributed by atoms with van der Waals surface area (Å²) in [7, 11) is 1.50. The maximum Gasteiger partial charge on any atom is 0.196 e. The minimum Gasteiger partial charge on any atom is -0.496 e. The summed E-state index contributed by atoms with van der Waals surface area (Å²) < 4.78 is 13.2. The number of hydrogen-bond acceptors (Lipinski definition) is 6. The maximum absolute atomic E-state index is 13.2. The van der Waals surface area contributed by atoms with Gasteiger partial charge in [0.05, 0.1) is 37.1 Å². The van der Waals surface area contributed by atoms with Crippen molar-refractivity contribution in [3.05, 3.63) is 52.4 Å². The van der Waals surface area contributed by atoms with Crippen molar-refractivity contribution in [2.24, 2.45) is 0 Å². The van der Waals surface area contributed by atoms with Crippen LogP contribution in [-0.4, -0.2) is 45.9 Å². The van der Waals surface area contributed by atoms with Crippen LogP contribution in [0.4, 0.5) is 0 Å². The quantitative estimate of drug-likeness (QED) is 0.598. The Morgan fingerprint density at radius 3 is 2.81 bits per heavy atom. The van der Waals surface area contributed by atoms with Gasteiger partial charge in [0, 0.05) is 29.3 Å². The Hall–Kier alpha value is -2.80. The van der Waals surface area contributed by atoms with E-state index in [4.69, 9.17) is 9.47 Å². The lowest BCUT2D eigenvalue weighted by atomic mass is 9.78. The van der Waals surface area contributed by atoms with E-state index in [1.165, 1.54) is 26.4 Å². The fourth-order valence-electron chi connectivity index (χ4n) is 4.54. The van der Waals surface area contributed by atoms with E-state index in [9.17, 15) is 9.59 Å². The second kappa shape index (κ2) is 9.14. The summed E-state index contributed by atoms with van der Waals surface area (Å²) in [6.07, 6.45) is 7.30. The zero-order valence-corrected chi connectivity index (χ0v) is 18.4. The lowest BCUT2D eigenvalue weighted by molar-refractivity contribution is -0.00652. The van der Waals surface area contributed by atoms with Crippen molar-refractivity contribution >= 4 is 11.6 Å². The molecule has 4 rings (SSSR count). The van der Waals surface area contributed by atoms with Crippen LogP contribution in [0.1, 0.15) is 72.4 Å². The number of aromatic nitrogens is 3. The first-order valence-electron chi connectivity index (χ1n) is 11.1. The summed E-state index contributed by atoms with van der Waals surface area (Å²) in [5, 5.41) is 8.50. The second-order valence-corrected chi connectivity index (χ2v) is 8.28. The molecule has 0 spiro atoms. The number of Topliss-reactive ketones (excluding diaryl/α,β-unsaturated/α-hetero) is 2. The predicted molar refractivity (Wildman–Crippen MR) is 116 cm³/mol. The number of ketones is 2. The Labute approximate surface area is 182 Å². The van der Waals surface area contributed by atoms with Crippen molar-refractivity contribution in [3.63, 3.8) is 0 Å². The van der Waals surface area contributed by atoms with E-state index >= 15 is 0 Å². The number of benzene rings is 1. The van der Waals surface area contributed by atoms with E-state index < -0.39 is 6.10 Å². The van der Waals surface area contributed by atoms with Gasteiger partial charge >= 0.3 is 0 Å². The van der Waals surface area contributed by atoms with Gasteiger partial charge in [0.2, 0.25) is 0 Å². The number of ether oxygens (including phenoxy) is 2. The lowest BCUT2D eigenvalue weighted by Crippen LogP contribution is -2.39. The summed E-state index contributed by atoms with van der Waals surface area (Å²) >= 11 is 0. The van der Waals surface area contributed by atoms with E-state index in [1.54, 1.807) is 22.9 Å². The smallest absolute Gasteiger partial charge is 0.196 e. The van der Waals surface area contributed by atoms with Gasteiger partial charge in [-0.05, 0) is 25.8 Å². The Kier molecular flexibility index (Phi) is 6.32. The number of methoxy groups -OCH3 is 1. The van der Waals surface area contributed by atoms with Crippen molar-refractivity contribution in [1.82, 2.24) is 15.0 Å². The standard InChI is InChI=1S/C24H29N3O4/c1-4-5-6-7-9-16-13-27(26-25-16)14-17-12-19-21(15(2)31-17)24(29)22-18(23(19)28)10-8-11-20(22)30-3/h8,10-11,13,15,17H,4-7,9,12,14H2,1-3H3/t15-,17-/m1/s1. The molecular weight excluding hydrogens is 394 g/mol. The lowest BCUT2D eigenvalue weighted by Gasteiger charge is -2.34. The molecule has 0 amide bonds. The van der Waals surface area contributed by atoms with E-state index in [-0.39, 0.29) is 17.7 Å². The van der Waals surface area contributed by atoms with Crippen LogP contribution >= 0.6 is 0 Å². The van der Waals surface area contributed by atoms with Gasteiger partial charge in [-0.15, -0.1) is 5.10 Å². The van der Waals surface area contributed by atoms with Gasteiger partial charge in [0.25, 0.3) is 0 Å². The molecule has 7 nitrogen and oxygen atoms in total. The summed E-state index contributed by atoms with van der Waals surface area (Å²) in [4.78, 5) is 26.4. The average molecular weight is 424 g/mol. The van der Waals surface area contributed by atoms with Crippen LogP contribution in [0, 0.1) is 0 Å². The van der Waals surface area contributed by atoms with Crippen molar-refractivity contribution in [2.75, 3.05) is 7.11 Å². The Bertz CT molecular complexity index is 1020. The highest BCUT2D eigenvalue weighted by Gasteiger charge is 2.41. The van der Waals surface area contributed by atoms with Crippen LogP contribution < -0.4 is 4.74 Å². The third-order valence-electron chi connectivity index (χ3n) is 6.06. The molecule has 0 radical (unpaired) electrons. The van der Waals surface area contributed by atoms with Crippen LogP contribution in [0.15, 0.2) is 35.5 Å². The predicted octanol–water partition coefficient (Wildman–Crippen LogP) is 3.96. The number of nitrogens with zero attached hydrogens (tertiary/aromatic N) is 3. The molecule has 2 aliphatic rings. The van der Waals surface area contributed by atoms with Gasteiger partial charge in [0.15, 0.2) is 11.6 Å². The summed E-state index contributed by atoms with van der Waals surface area (Å²) in [5.74, 6) is 0.132. The monoisotopic (exact) mass is 423 g/mol. The van der Waals surface area contributed by atoms with Crippen LogP contribution in [0.3, 0.4) is 0 Å². The first-order chi connectivity index (χ1) is 15.0. The molecule has 0 fully saturated rings. The Morgan fingerprint density at radius 1 is 1.19 bits per heavy atom. The van der Waals surface area contributed by atoms with E-state index in [0.29, 0.717) is 41.0 Å². The third-order valence-corrected chi connectivity index (χ3v) is 6.06. The molecule has 0 saturated heterocycles. The molecule has 2 atom stereocenters. The van der Waals surface area contributed by atoms with Crippen molar-refractivity contribution in [2.45, 2.75) is 71.1 Å². The molecule has 2 heterocycles. The van der Waals surface area contributed by atoms with Crippen molar-refractivity contribution in [3.8, 4) is 5.75 Å². The molecule has 0 unspecified atom stereocenters. The van der Waals surface area contributed by atoms with Crippen molar-refractivity contribution in [1.29, 1.82) is 0 Å². The van der Waals surface area contributed by atoms with E-state index in [1.807, 2.05) is 13.1 Å². The topological polar surface area (TPSA) is 83.3 Å². The number of carbonyl (C=O) groups is 2. The number of hydrogen-bond donors (Lipinski definition) is 0. The first kappa shape index (κ1) is 21.4. The molecule has 2 aromatic rings. The third kappa shape index (κ3) is 4.19. The van der Waals surface area contributed by atoms with Gasteiger partial charge in [-0.1, -0.05) is 43.5 Å². The van der Waals surface area contributed by atoms with Crippen LogP contribution in [0.5, 0.6) is 5.75 Å². The minimum atomic E-state index is -0.472. The zero-order valence-electron chi connectivity index (χ0n) is 18.4. The van der Waals surface area contributed by atoms with Crippen LogP contribution in [-0.2, 0) is 17.7 Å². The second-order valence-electron chi connectivity index (χ2n) is 8.28. The largest absolute Gasteiger partial charge is 0.496 e. The van der Waals surface area contributed by atoms with E-state index in [2.05, 4.69) is 17.2 Å². The highest BCUT2D eigenvalue weighted by molar-refractivity contribution is 6.28. The number of unbranched alkanes of at least 4 members (excludes halogenated alkanes) is 3. The fourth-order valence-corrected chi connectivity index (χ4v) is 4.54. The molecule has 0 bridgehead atoms. The molecule has 0 N–H and O–H groups in total. The Morgan fingerprint density at radius 2 is 2.03 bits per heavy atom. The van der Waals surface area contributed by atoms with E-state index in [0.717, 1.165) is 18.5 Å². The van der Waals surface area contributed by atoms with Gasteiger partial charge in [-0.3, -0.25) is 9.59 Å². The molecular formula is C24H29N3O4. The average Bonchev–Trinajstić information content (AvgIpc) is 3.21. The molecule has 31 heavy (non-hydrogen) atoms. The van der Waals surface area contributed by atoms with Crippen LogP contribution in [0.2, 0.25) is 0 Å². The van der Waals surface area contributed by atoms with Gasteiger partial charge in [0.1, 0.15) is 5.75 Å². The SMILES string of the molecule is CCCCCCc1cn(C[C@H]2CC3=C(C(=O)c4c(OC)cccc4C3=O)[C@@H](C)O2)nn1. The number of rotatable bonds is 8. The van der Waals surface area contributed by atoms with Gasteiger partial charge in [-0.25, -0.2) is 4.68 Å². The molecule has 1 aliphatic carbocycles. The summed E-state index contributed by atoms with van der Waals surface area (Å²) in [6.45, 7) is 4.52. The summed E-state index contributed by atoms with van der Waals surface area (Å²) in [5.41, 5.74) is 2.73. The highest BCUT2D eigenvalue weighted by Crippen LogP contribution is 2.39. The maximum atomic E-state index is 13.2. The molecule has 1 aliphatic heterocycles. The first-order valence-corrected chi connectivity index (χ1v) is 11.1. The number of fused-ring (bicyclic) bond motifs is 1. The molecule has 1 aromatic carbocycles. The van der Waals surface area contributed by atoms with Gasteiger partial charge in [-0.2, -0.15) is 0 Å². The molecule has 164 valence electrons. The normalized spacial score (nSPS) is 20.6. The minimum absolute atomic E-state index is 0.112. The zero-order chi connectivity index (χ0) is 22.0. The summed E-state index contributed by atoms with van der Waals surface area (Å²) in [6, 6.07) is 5.14.